The van der Waals surface area contributed by atoms with Gasteiger partial charge in [-0.2, -0.15) is 0 Å². The Hall–Kier alpha value is -2.81. The smallest absolute Gasteiger partial charge is 0.271 e. The predicted molar refractivity (Wildman–Crippen MR) is 84.9 cm³/mol. The van der Waals surface area contributed by atoms with Crippen LogP contribution in [0.5, 0.6) is 0 Å². The van der Waals surface area contributed by atoms with Gasteiger partial charge < -0.3 is 5.32 Å². The number of hydrogen-bond donors (Lipinski definition) is 1. The number of aryl methyl sites for hydroxylation is 1. The summed E-state index contributed by atoms with van der Waals surface area (Å²) < 4.78 is 37.9. The summed E-state index contributed by atoms with van der Waals surface area (Å²) in [5, 5.41) is 12.7. The zero-order valence-corrected chi connectivity index (χ0v) is 13.3. The topological polar surface area (TPSA) is 106 Å². The number of anilines is 1. The Morgan fingerprint density at radius 2 is 1.83 bits per heavy atom. The van der Waals surface area contributed by atoms with Gasteiger partial charge in [0, 0.05) is 12.1 Å². The van der Waals surface area contributed by atoms with Crippen molar-refractivity contribution in [2.45, 2.75) is 11.8 Å². The van der Waals surface area contributed by atoms with Crippen LogP contribution in [0.15, 0.2) is 47.4 Å². The van der Waals surface area contributed by atoms with Gasteiger partial charge in [-0.1, -0.05) is 17.7 Å². The Morgan fingerprint density at radius 3 is 2.42 bits per heavy atom. The highest BCUT2D eigenvalue weighted by Crippen LogP contribution is 2.21. The molecule has 0 bridgehead atoms. The van der Waals surface area contributed by atoms with Crippen molar-refractivity contribution >= 4 is 27.1 Å². The van der Waals surface area contributed by atoms with Crippen molar-refractivity contribution in [3.8, 4) is 0 Å². The number of rotatable bonds is 5. The van der Waals surface area contributed by atoms with E-state index in [0.717, 1.165) is 23.8 Å². The van der Waals surface area contributed by atoms with Gasteiger partial charge in [-0.05, 0) is 25.1 Å². The largest absolute Gasteiger partial charge is 0.322 e. The molecule has 126 valence electrons. The molecule has 0 fully saturated rings. The number of nitro groups is 1. The summed E-state index contributed by atoms with van der Waals surface area (Å²) in [7, 11) is -3.90. The number of nitro benzene ring substituents is 1. The summed E-state index contributed by atoms with van der Waals surface area (Å²) in [4.78, 5) is 21.8. The first-order valence-electron chi connectivity index (χ1n) is 6.72. The van der Waals surface area contributed by atoms with Gasteiger partial charge in [0.2, 0.25) is 5.91 Å². The number of non-ortho nitro benzene ring substituents is 1. The summed E-state index contributed by atoms with van der Waals surface area (Å²) in [5.41, 5.74) is -0.0153. The molecule has 9 heteroatoms. The Bertz CT molecular complexity index is 895. The third-order valence-corrected chi connectivity index (χ3v) is 4.77. The lowest BCUT2D eigenvalue weighted by Crippen LogP contribution is -2.23. The third kappa shape index (κ3) is 4.13. The zero-order chi connectivity index (χ0) is 17.9. The average Bonchev–Trinajstić information content (AvgIpc) is 2.49. The van der Waals surface area contributed by atoms with Crippen molar-refractivity contribution in [2.75, 3.05) is 11.1 Å². The molecule has 0 saturated heterocycles. The van der Waals surface area contributed by atoms with Gasteiger partial charge in [0.05, 0.1) is 15.5 Å². The second kappa shape index (κ2) is 6.75. The summed E-state index contributed by atoms with van der Waals surface area (Å²) in [6.07, 6.45) is 0. The van der Waals surface area contributed by atoms with Crippen LogP contribution in [0.3, 0.4) is 0 Å². The van der Waals surface area contributed by atoms with E-state index in [9.17, 15) is 27.7 Å². The molecule has 2 aromatic rings. The van der Waals surface area contributed by atoms with Gasteiger partial charge in [0.15, 0.2) is 9.84 Å². The number of nitrogens with one attached hydrogen (secondary N) is 1. The highest BCUT2D eigenvalue weighted by Gasteiger charge is 2.21. The number of halogens is 1. The molecule has 0 aromatic heterocycles. The van der Waals surface area contributed by atoms with Crippen LogP contribution in [0.2, 0.25) is 0 Å². The molecule has 0 saturated carbocycles. The minimum Gasteiger partial charge on any atom is -0.322 e. The molecule has 0 heterocycles. The lowest BCUT2D eigenvalue weighted by Gasteiger charge is -2.07. The van der Waals surface area contributed by atoms with E-state index in [1.165, 1.54) is 12.1 Å². The Kier molecular flexibility index (Phi) is 4.93. The molecule has 0 unspecified atom stereocenters. The fraction of sp³-hybridized carbons (Fsp3) is 0.133. The standard InChI is InChI=1S/C15H13FN2O5S/c1-10-2-5-12(6-3-10)24(22,23)9-15(19)17-14-8-11(18(20)21)4-7-13(14)16/h2-8H,9H2,1H3,(H,17,19). The van der Waals surface area contributed by atoms with Crippen molar-refractivity contribution in [2.24, 2.45) is 0 Å². The van der Waals surface area contributed by atoms with Gasteiger partial charge >= 0.3 is 0 Å². The van der Waals surface area contributed by atoms with Crippen LogP contribution >= 0.6 is 0 Å². The van der Waals surface area contributed by atoms with E-state index in [2.05, 4.69) is 0 Å². The summed E-state index contributed by atoms with van der Waals surface area (Å²) in [6, 6.07) is 8.50. The normalized spacial score (nSPS) is 11.1. The van der Waals surface area contributed by atoms with E-state index < -0.39 is 43.6 Å². The molecule has 0 aliphatic rings. The quantitative estimate of drug-likeness (QED) is 0.657. The fourth-order valence-corrected chi connectivity index (χ4v) is 3.05. The molecule has 0 radical (unpaired) electrons. The SMILES string of the molecule is Cc1ccc(S(=O)(=O)CC(=O)Nc2cc([N+](=O)[O-])ccc2F)cc1. The highest BCUT2D eigenvalue weighted by atomic mass is 32.2. The predicted octanol–water partition coefficient (Wildman–Crippen LogP) is 2.45. The maximum absolute atomic E-state index is 13.6. The van der Waals surface area contributed by atoms with Crippen molar-refractivity contribution in [1.82, 2.24) is 0 Å². The van der Waals surface area contributed by atoms with Crippen molar-refractivity contribution in [1.29, 1.82) is 0 Å². The summed E-state index contributed by atoms with van der Waals surface area (Å²) >= 11 is 0. The van der Waals surface area contributed by atoms with Gasteiger partial charge in [-0.3, -0.25) is 14.9 Å². The molecule has 1 amide bonds. The molecular weight excluding hydrogens is 339 g/mol. The maximum atomic E-state index is 13.6. The minimum absolute atomic E-state index is 0.0391. The van der Waals surface area contributed by atoms with Crippen molar-refractivity contribution in [3.63, 3.8) is 0 Å². The first-order chi connectivity index (χ1) is 11.2. The molecule has 2 aromatic carbocycles. The van der Waals surface area contributed by atoms with Crippen LogP contribution in [0.1, 0.15) is 5.56 Å². The second-order valence-corrected chi connectivity index (χ2v) is 7.03. The number of hydrogen-bond acceptors (Lipinski definition) is 5. The van der Waals surface area contributed by atoms with Crippen LogP contribution in [0.4, 0.5) is 15.8 Å². The van der Waals surface area contributed by atoms with E-state index in [4.69, 9.17) is 0 Å². The van der Waals surface area contributed by atoms with Gasteiger partial charge in [-0.25, -0.2) is 12.8 Å². The van der Waals surface area contributed by atoms with E-state index in [0.29, 0.717) is 0 Å². The van der Waals surface area contributed by atoms with E-state index in [1.54, 1.807) is 19.1 Å². The number of carbonyl (C=O) groups excluding carboxylic acids is 1. The lowest BCUT2D eigenvalue weighted by atomic mass is 10.2. The van der Waals surface area contributed by atoms with E-state index in [1.807, 2.05) is 5.32 Å². The Balaban J connectivity index is 2.17. The number of benzene rings is 2. The Morgan fingerprint density at radius 1 is 1.21 bits per heavy atom. The van der Waals surface area contributed by atoms with E-state index in [-0.39, 0.29) is 4.90 Å². The minimum atomic E-state index is -3.90. The highest BCUT2D eigenvalue weighted by molar-refractivity contribution is 7.92. The molecule has 0 atom stereocenters. The monoisotopic (exact) mass is 352 g/mol. The molecule has 2 rings (SSSR count). The number of nitrogens with zero attached hydrogens (tertiary/aromatic N) is 1. The van der Waals surface area contributed by atoms with Crippen LogP contribution in [0, 0.1) is 22.9 Å². The lowest BCUT2D eigenvalue weighted by molar-refractivity contribution is -0.384. The first-order valence-corrected chi connectivity index (χ1v) is 8.37. The van der Waals surface area contributed by atoms with Crippen LogP contribution in [0.25, 0.3) is 0 Å². The summed E-state index contributed by atoms with van der Waals surface area (Å²) in [6.45, 7) is 1.79. The molecule has 1 N–H and O–H groups in total. The van der Waals surface area contributed by atoms with Crippen molar-refractivity contribution < 1.29 is 22.5 Å². The number of carbonyl (C=O) groups is 1. The van der Waals surface area contributed by atoms with Crippen molar-refractivity contribution in [3.05, 3.63) is 64.0 Å². The molecule has 7 nitrogen and oxygen atoms in total. The fourth-order valence-electron chi connectivity index (χ4n) is 1.91. The summed E-state index contributed by atoms with van der Waals surface area (Å²) in [5.74, 6) is -2.80. The van der Waals surface area contributed by atoms with Crippen LogP contribution in [-0.4, -0.2) is 25.0 Å². The Labute approximate surface area is 137 Å². The second-order valence-electron chi connectivity index (χ2n) is 5.04. The third-order valence-electron chi connectivity index (χ3n) is 3.14. The molecule has 0 spiro atoms. The van der Waals surface area contributed by atoms with E-state index >= 15 is 0 Å². The van der Waals surface area contributed by atoms with Gasteiger partial charge in [0.25, 0.3) is 5.69 Å². The average molecular weight is 352 g/mol. The number of sulfone groups is 1. The van der Waals surface area contributed by atoms with Gasteiger partial charge in [-0.15, -0.1) is 0 Å². The first kappa shape index (κ1) is 17.5. The van der Waals surface area contributed by atoms with Crippen LogP contribution < -0.4 is 5.32 Å². The molecular formula is C15H13FN2O5S. The zero-order valence-electron chi connectivity index (χ0n) is 12.5. The van der Waals surface area contributed by atoms with Gasteiger partial charge in [0.1, 0.15) is 11.6 Å². The number of amides is 1. The molecule has 0 aliphatic heterocycles. The van der Waals surface area contributed by atoms with Crippen LogP contribution in [-0.2, 0) is 14.6 Å². The molecule has 24 heavy (non-hydrogen) atoms. The molecule has 0 aliphatic carbocycles. The maximum Gasteiger partial charge on any atom is 0.271 e.